The average Bonchev–Trinajstić information content (AvgIpc) is 1.62. The van der Waals surface area contributed by atoms with E-state index >= 15 is 0 Å². The van der Waals surface area contributed by atoms with Crippen LogP contribution >= 0.6 is 22.7 Å². The highest BCUT2D eigenvalue weighted by Crippen LogP contribution is 2.37. The van der Waals surface area contributed by atoms with Crippen molar-refractivity contribution in [2.75, 3.05) is 78.0 Å². The maximum Gasteiger partial charge on any atom is 0.428 e. The van der Waals surface area contributed by atoms with E-state index in [0.29, 0.717) is 83.5 Å². The standard InChI is InChI=1S/C24H20FN3O4S.C15H22N2O5.C14H8FNO2S.C10H14N2O3.C9H10O4/c1-28(27-23(29)14-10-11-20(31-2)21(12-14)32-3)24(30)19-9-5-8-18(26-19)16-13-33-22-15(16)6-4-7-17(22)25;1-15(2,3)22-14(19)17(4)16-13(18)10-7-8-11(20-5)12(9-10)21-6;15-10-4-1-3-8-9(7-19-13(8)10)11-5-2-6-12(16-11)14(17)18;1-11-12-10(13)7-4-5-8(14-2)9(6-7)15-3;1-12-7-4-3-6(9(10)11)5-8(7)13-2/h4-13H,1-3H3,(H,27,29);7-9H,1-6H3,(H,16,18);1-7H,(H,17,18);4-6,11H,1-3H3,(H,12,13);3-5H,1-2H3,(H,10,11). The molecule has 10 rings (SSSR count). The third-order valence-corrected chi connectivity index (χ3v) is 15.9. The van der Waals surface area contributed by atoms with Crippen molar-refractivity contribution in [1.82, 2.24) is 41.7 Å². The van der Waals surface area contributed by atoms with Crippen molar-refractivity contribution in [1.29, 1.82) is 0 Å². The predicted molar refractivity (Wildman–Crippen MR) is 380 cm³/mol. The lowest BCUT2D eigenvalue weighted by atomic mass is 10.1. The highest BCUT2D eigenvalue weighted by molar-refractivity contribution is 7.18. The first-order valence-electron chi connectivity index (χ1n) is 30.1. The third kappa shape index (κ3) is 20.9. The molecule has 0 bridgehead atoms. The van der Waals surface area contributed by atoms with Gasteiger partial charge in [-0.1, -0.05) is 36.4 Å². The second-order valence-electron chi connectivity index (χ2n) is 21.7. The lowest BCUT2D eigenvalue weighted by Gasteiger charge is -2.24. The molecule has 5 amide bonds. The molecule has 6 aromatic carbocycles. The number of fused-ring (bicyclic) bond motifs is 2. The molecule has 0 aliphatic rings. The number of carboxylic acid groups (broad SMARTS) is 2. The minimum absolute atomic E-state index is 0.0201. The summed E-state index contributed by atoms with van der Waals surface area (Å²) < 4.78 is 74.6. The van der Waals surface area contributed by atoms with Crippen molar-refractivity contribution in [2.45, 2.75) is 26.4 Å². The highest BCUT2D eigenvalue weighted by atomic mass is 32.1. The molecule has 6 N–H and O–H groups in total. The van der Waals surface area contributed by atoms with E-state index in [2.05, 4.69) is 31.7 Å². The Morgan fingerprint density at radius 3 is 1.17 bits per heavy atom. The number of rotatable bonds is 17. The van der Waals surface area contributed by atoms with Crippen molar-refractivity contribution in [3.8, 4) is 68.5 Å². The average molecular weight is 1440 g/mol. The number of thiophene rings is 2. The number of pyridine rings is 2. The number of methoxy groups -OCH3 is 8. The van der Waals surface area contributed by atoms with Gasteiger partial charge in [0, 0.05) is 70.5 Å². The summed E-state index contributed by atoms with van der Waals surface area (Å²) in [6, 6.07) is 38.3. The molecule has 30 heteroatoms. The van der Waals surface area contributed by atoms with Gasteiger partial charge in [0.25, 0.3) is 23.6 Å². The zero-order valence-electron chi connectivity index (χ0n) is 57.8. The van der Waals surface area contributed by atoms with Gasteiger partial charge in [-0.05, 0) is 130 Å². The number of carbonyl (C=O) groups is 7. The number of carboxylic acids is 2. The van der Waals surface area contributed by atoms with Gasteiger partial charge >= 0.3 is 18.0 Å². The summed E-state index contributed by atoms with van der Waals surface area (Å²) in [5.74, 6) is -0.436. The molecule has 0 unspecified atom stereocenters. The monoisotopic (exact) mass is 1440 g/mol. The number of hydrazine groups is 3. The number of hydrogen-bond acceptors (Lipinski definition) is 21. The SMILES string of the molecule is CNNC(=O)c1ccc(OC)c(OC)c1.COc1ccc(C(=O)NN(C)C(=O)OC(C)(C)C)cc1OC.COc1ccc(C(=O)NN(C)C(=O)c2cccc(-c3csc4c(F)cccc34)n2)cc1OC.COc1ccc(C(=O)O)cc1OC.O=C(O)c1cccc(-c2csc3c(F)cccc23)n1. The smallest absolute Gasteiger partial charge is 0.428 e. The van der Waals surface area contributed by atoms with Crippen LogP contribution in [0.1, 0.15) is 83.2 Å². The first-order valence-corrected chi connectivity index (χ1v) is 31.9. The molecule has 0 radical (unpaired) electrons. The Bertz CT molecular complexity index is 4620. The zero-order chi connectivity index (χ0) is 75.0. The van der Waals surface area contributed by atoms with E-state index in [9.17, 15) is 42.3 Å². The largest absolute Gasteiger partial charge is 0.493 e. The van der Waals surface area contributed by atoms with Gasteiger partial charge in [-0.15, -0.1) is 22.7 Å². The number of nitrogens with one attached hydrogen (secondary N) is 4. The Morgan fingerprint density at radius 1 is 0.441 bits per heavy atom. The molecule has 536 valence electrons. The van der Waals surface area contributed by atoms with Gasteiger partial charge in [-0.25, -0.2) is 43.6 Å². The summed E-state index contributed by atoms with van der Waals surface area (Å²) in [5, 5.41) is 24.8. The van der Waals surface area contributed by atoms with Crippen molar-refractivity contribution in [2.24, 2.45) is 0 Å². The maximum atomic E-state index is 14.1. The normalized spacial score (nSPS) is 10.4. The molecule has 0 aliphatic heterocycles. The van der Waals surface area contributed by atoms with Crippen molar-refractivity contribution < 1.29 is 95.2 Å². The Kier molecular flexibility index (Phi) is 28.7. The molecule has 4 aromatic heterocycles. The van der Waals surface area contributed by atoms with E-state index in [0.717, 1.165) is 31.9 Å². The molecule has 26 nitrogen and oxygen atoms in total. The van der Waals surface area contributed by atoms with Gasteiger partial charge in [0.05, 0.1) is 83.2 Å². The number of hydrogen-bond donors (Lipinski definition) is 6. The Hall–Kier alpha value is -12.2. The Labute approximate surface area is 593 Å². The minimum atomic E-state index is -1.08. The topological polar surface area (TPSA) is 323 Å². The van der Waals surface area contributed by atoms with E-state index in [-0.39, 0.29) is 34.5 Å². The number of nitrogens with zero attached hydrogens (tertiary/aromatic N) is 4. The van der Waals surface area contributed by atoms with Crippen LogP contribution < -0.4 is 59.6 Å². The van der Waals surface area contributed by atoms with Gasteiger partial charge < -0.3 is 52.8 Å². The summed E-state index contributed by atoms with van der Waals surface area (Å²) in [6.45, 7) is 5.23. The van der Waals surface area contributed by atoms with Gasteiger partial charge in [-0.3, -0.25) is 40.5 Å². The van der Waals surface area contributed by atoms with Crippen LogP contribution in [0.15, 0.2) is 156 Å². The number of halogens is 2. The predicted octanol–water partition coefficient (Wildman–Crippen LogP) is 12.5. The third-order valence-electron chi connectivity index (χ3n) is 13.9. The molecule has 0 atom stereocenters. The van der Waals surface area contributed by atoms with Gasteiger partial charge in [-0.2, -0.15) is 0 Å². The Morgan fingerprint density at radius 2 is 0.794 bits per heavy atom. The minimum Gasteiger partial charge on any atom is -0.493 e. The van der Waals surface area contributed by atoms with Crippen molar-refractivity contribution in [3.05, 3.63) is 202 Å². The number of aromatic nitrogens is 2. The number of aromatic carboxylic acids is 2. The fraction of sp³-hybridized carbons (Fsp3) is 0.208. The summed E-state index contributed by atoms with van der Waals surface area (Å²) in [5.41, 5.74) is 13.3. The second kappa shape index (κ2) is 37.2. The van der Waals surface area contributed by atoms with Crippen LogP contribution in [0.2, 0.25) is 0 Å². The number of ether oxygens (including phenoxy) is 9. The summed E-state index contributed by atoms with van der Waals surface area (Å²) in [4.78, 5) is 91.0. The molecule has 0 saturated heterocycles. The van der Waals surface area contributed by atoms with E-state index < -0.39 is 41.4 Å². The quantitative estimate of drug-likeness (QED) is 0.0461. The van der Waals surface area contributed by atoms with E-state index in [1.165, 1.54) is 129 Å². The number of benzene rings is 6. The molecule has 4 heterocycles. The number of amides is 5. The molecular weight excluding hydrogens is 1370 g/mol. The first-order chi connectivity index (χ1) is 48.7. The molecule has 102 heavy (non-hydrogen) atoms. The van der Waals surface area contributed by atoms with Gasteiger partial charge in [0.1, 0.15) is 28.6 Å². The lowest BCUT2D eigenvalue weighted by molar-refractivity contribution is 0.0194. The van der Waals surface area contributed by atoms with Crippen molar-refractivity contribution in [3.63, 3.8) is 0 Å². The number of carbonyl (C=O) groups excluding carboxylic acids is 5. The second-order valence-corrected chi connectivity index (χ2v) is 23.5. The van der Waals surface area contributed by atoms with Crippen molar-refractivity contribution >= 4 is 84.5 Å². The van der Waals surface area contributed by atoms with Gasteiger partial charge in [0.2, 0.25) is 0 Å². The van der Waals surface area contributed by atoms with Crippen LogP contribution in [-0.2, 0) is 4.74 Å². The van der Waals surface area contributed by atoms with Crippen LogP contribution in [0.25, 0.3) is 42.7 Å². The molecule has 0 fully saturated rings. The fourth-order valence-electron chi connectivity index (χ4n) is 8.97. The lowest BCUT2D eigenvalue weighted by Crippen LogP contribution is -2.45. The van der Waals surface area contributed by atoms with E-state index in [4.69, 9.17) is 52.8 Å². The van der Waals surface area contributed by atoms with Crippen LogP contribution in [0.5, 0.6) is 46.0 Å². The van der Waals surface area contributed by atoms with Crippen LogP contribution in [0.4, 0.5) is 13.6 Å². The van der Waals surface area contributed by atoms with Crippen LogP contribution in [0, 0.1) is 11.6 Å². The Balaban J connectivity index is 0.000000209. The van der Waals surface area contributed by atoms with E-state index in [1.54, 1.807) is 137 Å². The fourth-order valence-corrected chi connectivity index (χ4v) is 10.9. The molecule has 0 spiro atoms. The van der Waals surface area contributed by atoms with E-state index in [1.807, 2.05) is 11.4 Å². The summed E-state index contributed by atoms with van der Waals surface area (Å²) in [6.07, 6.45) is -0.652. The first kappa shape index (κ1) is 78.8. The summed E-state index contributed by atoms with van der Waals surface area (Å²) >= 11 is 2.57. The molecule has 0 aliphatic carbocycles. The summed E-state index contributed by atoms with van der Waals surface area (Å²) in [7, 11) is 16.5. The molecule has 0 saturated carbocycles. The highest BCUT2D eigenvalue weighted by Gasteiger charge is 2.24. The van der Waals surface area contributed by atoms with Crippen LogP contribution in [-0.4, -0.2) is 155 Å². The van der Waals surface area contributed by atoms with Crippen LogP contribution in [0.3, 0.4) is 0 Å². The molecule has 10 aromatic rings. The maximum absolute atomic E-state index is 14.1. The molecular formula is C72H74F2N8O18S2. The zero-order valence-corrected chi connectivity index (χ0v) is 59.4. The van der Waals surface area contributed by atoms with Gasteiger partial charge in [0.15, 0.2) is 46.0 Å².